The van der Waals surface area contributed by atoms with Crippen molar-refractivity contribution >= 4 is 0 Å². The number of piperidine rings is 1. The maximum Gasteiger partial charge on any atom is 0.0237 e. The molecule has 0 saturated carbocycles. The summed E-state index contributed by atoms with van der Waals surface area (Å²) < 4.78 is 0. The molecule has 2 rings (SSSR count). The highest BCUT2D eigenvalue weighted by molar-refractivity contribution is 5.21. The third-order valence-electron chi connectivity index (χ3n) is 3.80. The molecule has 1 saturated heterocycles. The standard InChI is InChI=1S/C16H26N2/c1-3-11-18(16-5-4-10-17-12-16)13-15-8-6-14(2)7-9-15/h6-9,16-17H,3-5,10-13H2,1-2H3. The van der Waals surface area contributed by atoms with Crippen LogP contribution in [0.1, 0.15) is 37.3 Å². The van der Waals surface area contributed by atoms with Gasteiger partial charge in [-0.05, 0) is 44.8 Å². The Morgan fingerprint density at radius 2 is 2.06 bits per heavy atom. The number of hydrogen-bond donors (Lipinski definition) is 1. The average Bonchev–Trinajstić information content (AvgIpc) is 2.42. The van der Waals surface area contributed by atoms with E-state index >= 15 is 0 Å². The van der Waals surface area contributed by atoms with Crippen molar-refractivity contribution in [2.24, 2.45) is 0 Å². The van der Waals surface area contributed by atoms with Gasteiger partial charge in [-0.3, -0.25) is 4.90 Å². The van der Waals surface area contributed by atoms with E-state index in [1.165, 1.54) is 43.5 Å². The van der Waals surface area contributed by atoms with E-state index in [-0.39, 0.29) is 0 Å². The van der Waals surface area contributed by atoms with E-state index < -0.39 is 0 Å². The minimum Gasteiger partial charge on any atom is -0.315 e. The summed E-state index contributed by atoms with van der Waals surface area (Å²) in [6, 6.07) is 9.71. The fourth-order valence-electron chi connectivity index (χ4n) is 2.75. The minimum atomic E-state index is 0.722. The molecule has 0 radical (unpaired) electrons. The lowest BCUT2D eigenvalue weighted by Gasteiger charge is -2.34. The third kappa shape index (κ3) is 3.82. The van der Waals surface area contributed by atoms with Crippen LogP contribution in [0.4, 0.5) is 0 Å². The zero-order chi connectivity index (χ0) is 12.8. The highest BCUT2D eigenvalue weighted by Gasteiger charge is 2.20. The van der Waals surface area contributed by atoms with Gasteiger partial charge in [0.05, 0.1) is 0 Å². The zero-order valence-corrected chi connectivity index (χ0v) is 11.8. The molecule has 100 valence electrons. The molecule has 1 fully saturated rings. The fraction of sp³-hybridized carbons (Fsp3) is 0.625. The molecule has 1 aromatic carbocycles. The summed E-state index contributed by atoms with van der Waals surface area (Å²) in [7, 11) is 0. The van der Waals surface area contributed by atoms with Crippen LogP contribution in [0.25, 0.3) is 0 Å². The van der Waals surface area contributed by atoms with Crippen molar-refractivity contribution in [2.45, 2.75) is 45.7 Å². The molecule has 1 N–H and O–H groups in total. The highest BCUT2D eigenvalue weighted by Crippen LogP contribution is 2.15. The van der Waals surface area contributed by atoms with Gasteiger partial charge >= 0.3 is 0 Å². The maximum absolute atomic E-state index is 3.53. The molecule has 1 atom stereocenters. The molecule has 0 spiro atoms. The number of aryl methyl sites for hydroxylation is 1. The normalized spacial score (nSPS) is 20.3. The summed E-state index contributed by atoms with van der Waals surface area (Å²) in [6.45, 7) is 9.09. The van der Waals surface area contributed by atoms with E-state index in [9.17, 15) is 0 Å². The fourth-order valence-corrected chi connectivity index (χ4v) is 2.75. The Balaban J connectivity index is 1.98. The quantitative estimate of drug-likeness (QED) is 0.859. The van der Waals surface area contributed by atoms with Crippen LogP contribution in [0.15, 0.2) is 24.3 Å². The minimum absolute atomic E-state index is 0.722. The smallest absolute Gasteiger partial charge is 0.0237 e. The van der Waals surface area contributed by atoms with Gasteiger partial charge < -0.3 is 5.32 Å². The van der Waals surface area contributed by atoms with Gasteiger partial charge in [0.1, 0.15) is 0 Å². The molecule has 1 heterocycles. The van der Waals surface area contributed by atoms with Crippen molar-refractivity contribution in [3.05, 3.63) is 35.4 Å². The molecule has 18 heavy (non-hydrogen) atoms. The van der Waals surface area contributed by atoms with Crippen molar-refractivity contribution in [3.8, 4) is 0 Å². The van der Waals surface area contributed by atoms with E-state index in [2.05, 4.69) is 48.3 Å². The predicted molar refractivity (Wildman–Crippen MR) is 77.8 cm³/mol. The molecule has 2 heteroatoms. The molecule has 1 aliphatic rings. The molecule has 0 bridgehead atoms. The summed E-state index contributed by atoms with van der Waals surface area (Å²) in [5, 5.41) is 3.53. The van der Waals surface area contributed by atoms with Crippen LogP contribution >= 0.6 is 0 Å². The predicted octanol–water partition coefficient (Wildman–Crippen LogP) is 2.96. The molecule has 1 aliphatic heterocycles. The van der Waals surface area contributed by atoms with E-state index in [4.69, 9.17) is 0 Å². The van der Waals surface area contributed by atoms with Gasteiger partial charge in [0.2, 0.25) is 0 Å². The molecule has 2 nitrogen and oxygen atoms in total. The van der Waals surface area contributed by atoms with Crippen molar-refractivity contribution in [1.82, 2.24) is 10.2 Å². The molecular formula is C16H26N2. The lowest BCUT2D eigenvalue weighted by atomic mass is 10.0. The van der Waals surface area contributed by atoms with E-state index in [1.807, 2.05) is 0 Å². The summed E-state index contributed by atoms with van der Waals surface area (Å²) in [5.41, 5.74) is 2.79. The van der Waals surface area contributed by atoms with Gasteiger partial charge in [0.25, 0.3) is 0 Å². The maximum atomic E-state index is 3.53. The van der Waals surface area contributed by atoms with Crippen molar-refractivity contribution < 1.29 is 0 Å². The molecule has 1 unspecified atom stereocenters. The monoisotopic (exact) mass is 246 g/mol. The zero-order valence-electron chi connectivity index (χ0n) is 11.8. The van der Waals surface area contributed by atoms with E-state index in [0.717, 1.165) is 19.1 Å². The topological polar surface area (TPSA) is 15.3 Å². The lowest BCUT2D eigenvalue weighted by molar-refractivity contribution is 0.158. The van der Waals surface area contributed by atoms with Gasteiger partial charge in [-0.25, -0.2) is 0 Å². The van der Waals surface area contributed by atoms with Crippen molar-refractivity contribution in [2.75, 3.05) is 19.6 Å². The SMILES string of the molecule is CCCN(Cc1ccc(C)cc1)C1CCCNC1. The molecule has 1 aromatic rings. The van der Waals surface area contributed by atoms with Gasteiger partial charge in [0.15, 0.2) is 0 Å². The first-order chi connectivity index (χ1) is 8.79. The summed E-state index contributed by atoms with van der Waals surface area (Å²) in [5.74, 6) is 0. The first kappa shape index (κ1) is 13.6. The van der Waals surface area contributed by atoms with Gasteiger partial charge in [-0.15, -0.1) is 0 Å². The lowest BCUT2D eigenvalue weighted by Crippen LogP contribution is -2.45. The van der Waals surface area contributed by atoms with Crippen LogP contribution < -0.4 is 5.32 Å². The van der Waals surface area contributed by atoms with E-state index in [1.54, 1.807) is 0 Å². The Labute approximate surface area is 111 Å². The number of nitrogens with one attached hydrogen (secondary N) is 1. The van der Waals surface area contributed by atoms with Gasteiger partial charge in [0, 0.05) is 19.1 Å². The molecule has 0 amide bonds. The number of nitrogens with zero attached hydrogens (tertiary/aromatic N) is 1. The summed E-state index contributed by atoms with van der Waals surface area (Å²) in [6.07, 6.45) is 3.90. The first-order valence-corrected chi connectivity index (χ1v) is 7.30. The Morgan fingerprint density at radius 3 is 2.67 bits per heavy atom. The Kier molecular flexibility index (Phi) is 5.21. The van der Waals surface area contributed by atoms with Crippen LogP contribution in [0.3, 0.4) is 0 Å². The van der Waals surface area contributed by atoms with Crippen molar-refractivity contribution in [3.63, 3.8) is 0 Å². The highest BCUT2D eigenvalue weighted by atomic mass is 15.2. The van der Waals surface area contributed by atoms with E-state index in [0.29, 0.717) is 0 Å². The first-order valence-electron chi connectivity index (χ1n) is 7.30. The third-order valence-corrected chi connectivity index (χ3v) is 3.80. The second-order valence-corrected chi connectivity index (χ2v) is 5.46. The molecule has 0 aromatic heterocycles. The van der Waals surface area contributed by atoms with Crippen LogP contribution in [0.2, 0.25) is 0 Å². The number of benzene rings is 1. The van der Waals surface area contributed by atoms with Crippen LogP contribution in [0, 0.1) is 6.92 Å². The Morgan fingerprint density at radius 1 is 1.28 bits per heavy atom. The van der Waals surface area contributed by atoms with Gasteiger partial charge in [-0.1, -0.05) is 36.8 Å². The van der Waals surface area contributed by atoms with Crippen molar-refractivity contribution in [1.29, 1.82) is 0 Å². The van der Waals surface area contributed by atoms with Crippen LogP contribution in [-0.2, 0) is 6.54 Å². The Hall–Kier alpha value is -0.860. The molecular weight excluding hydrogens is 220 g/mol. The largest absolute Gasteiger partial charge is 0.315 e. The van der Waals surface area contributed by atoms with Crippen LogP contribution in [-0.4, -0.2) is 30.6 Å². The number of hydrogen-bond acceptors (Lipinski definition) is 2. The Bertz CT molecular complexity index is 339. The van der Waals surface area contributed by atoms with Crippen LogP contribution in [0.5, 0.6) is 0 Å². The summed E-state index contributed by atoms with van der Waals surface area (Å²) in [4.78, 5) is 2.65. The second kappa shape index (κ2) is 6.91. The average molecular weight is 246 g/mol. The number of rotatable bonds is 5. The molecule has 0 aliphatic carbocycles. The van der Waals surface area contributed by atoms with Gasteiger partial charge in [-0.2, -0.15) is 0 Å². The summed E-state index contributed by atoms with van der Waals surface area (Å²) >= 11 is 0. The second-order valence-electron chi connectivity index (χ2n) is 5.46.